The number of nitrogens with one attached hydrogen (secondary N) is 4. The summed E-state index contributed by atoms with van der Waals surface area (Å²) in [6, 6.07) is 14.9. The van der Waals surface area contributed by atoms with E-state index in [1.165, 1.54) is 14.2 Å². The third kappa shape index (κ3) is 7.98. The van der Waals surface area contributed by atoms with Crippen LogP contribution in [-0.4, -0.2) is 93.1 Å². The number of nitrogens with zero attached hydrogens (tertiary/aromatic N) is 4. The average Bonchev–Trinajstić information content (AvgIpc) is 4.06. The molecule has 5 aromatic rings. The van der Waals surface area contributed by atoms with Crippen LogP contribution in [0.1, 0.15) is 77.1 Å². The fourth-order valence-corrected chi connectivity index (χ4v) is 9.06. The van der Waals surface area contributed by atoms with Gasteiger partial charge in [-0.2, -0.15) is 0 Å². The van der Waals surface area contributed by atoms with E-state index in [2.05, 4.69) is 63.1 Å². The number of hydrogen-bond donors (Lipinski definition) is 4. The highest BCUT2D eigenvalue weighted by atomic mass is 32.1. The summed E-state index contributed by atoms with van der Waals surface area (Å²) in [4.78, 5) is 73.7. The van der Waals surface area contributed by atoms with Crippen molar-refractivity contribution in [2.24, 2.45) is 11.8 Å². The van der Waals surface area contributed by atoms with Gasteiger partial charge in [-0.3, -0.25) is 9.59 Å². The maximum atomic E-state index is 13.7. The Morgan fingerprint density at radius 2 is 1.16 bits per heavy atom. The van der Waals surface area contributed by atoms with Crippen LogP contribution in [-0.2, 0) is 19.1 Å². The summed E-state index contributed by atoms with van der Waals surface area (Å²) >= 11 is 1.66. The second-order valence-corrected chi connectivity index (χ2v) is 16.4. The first-order valence-corrected chi connectivity index (χ1v) is 20.3. The third-order valence-corrected chi connectivity index (χ3v) is 12.2. The van der Waals surface area contributed by atoms with Gasteiger partial charge in [0.15, 0.2) is 0 Å². The summed E-state index contributed by atoms with van der Waals surface area (Å²) in [5, 5.41) is 7.58. The van der Waals surface area contributed by atoms with Crippen molar-refractivity contribution >= 4 is 46.1 Å². The Labute approximate surface area is 335 Å². The van der Waals surface area contributed by atoms with Gasteiger partial charge in [0.25, 0.3) is 0 Å². The van der Waals surface area contributed by atoms with E-state index in [9.17, 15) is 19.2 Å². The predicted molar refractivity (Wildman–Crippen MR) is 218 cm³/mol. The van der Waals surface area contributed by atoms with E-state index in [1.54, 1.807) is 11.3 Å². The van der Waals surface area contributed by atoms with E-state index in [0.717, 1.165) is 74.5 Å². The number of imidazole rings is 2. The molecule has 57 heavy (non-hydrogen) atoms. The fraction of sp³-hybridized carbons (Fsp3) is 0.429. The van der Waals surface area contributed by atoms with Gasteiger partial charge in [-0.1, -0.05) is 64.1 Å². The second kappa shape index (κ2) is 16.8. The Kier molecular flexibility index (Phi) is 11.7. The standard InChI is InChI=1S/C42H50N8O6S/c1-23(2)35(47-41(53)55-5)39(51)49-19-9-15-31(49)37-43-21-29(45-37)27-13-7-12-26-25(27)11-8-14-28(26)33-17-18-34(57-33)30-22-44-38(46-30)32-16-10-20-50(32)40(52)36(24(3)4)48-42(54)56-6/h7-8,11-14,17-18,21-24,31-32,35-36H,9-10,15-16,19-20H2,1-6H3,(H,43,45)(H,44,46)(H,47,53)(H,48,54)/t31?,32?,35-,36-/m0/s1. The molecule has 15 heteroatoms. The van der Waals surface area contributed by atoms with Gasteiger partial charge in [0.05, 0.1) is 55.0 Å². The molecule has 14 nitrogen and oxygen atoms in total. The number of ether oxygens (including phenoxy) is 2. The number of benzene rings is 2. The molecule has 2 aromatic carbocycles. The highest BCUT2D eigenvalue weighted by Gasteiger charge is 2.39. The number of carbonyl (C=O) groups excluding carboxylic acids is 4. The van der Waals surface area contributed by atoms with Gasteiger partial charge < -0.3 is 39.9 Å². The molecule has 0 bridgehead atoms. The number of H-pyrrole nitrogens is 2. The van der Waals surface area contributed by atoms with Gasteiger partial charge in [-0.15, -0.1) is 11.3 Å². The lowest BCUT2D eigenvalue weighted by Gasteiger charge is -2.30. The zero-order valence-electron chi connectivity index (χ0n) is 33.1. The fourth-order valence-electron chi connectivity index (χ4n) is 8.05. The summed E-state index contributed by atoms with van der Waals surface area (Å²) in [5.41, 5.74) is 3.83. The lowest BCUT2D eigenvalue weighted by atomic mass is 9.98. The topological polar surface area (TPSA) is 175 Å². The molecule has 2 saturated heterocycles. The molecule has 0 spiro atoms. The van der Waals surface area contributed by atoms with Crippen molar-refractivity contribution in [1.82, 2.24) is 40.4 Å². The molecular weight excluding hydrogens is 745 g/mol. The SMILES string of the molecule is COC(=O)N[C@H](C(=O)N1CCCC1c1ncc(-c2ccc(-c3cccc4c(-c5cnc(C6CCCN6C(=O)[C@@H](NC(=O)OC)C(C)C)[nH]5)cccc34)s2)[nH]1)C(C)C. The Morgan fingerprint density at radius 3 is 1.68 bits per heavy atom. The second-order valence-electron chi connectivity index (χ2n) is 15.3. The predicted octanol–water partition coefficient (Wildman–Crippen LogP) is 7.44. The maximum Gasteiger partial charge on any atom is 0.407 e. The number of likely N-dealkylation sites (tertiary alicyclic amines) is 2. The number of rotatable bonds is 11. The van der Waals surface area contributed by atoms with Crippen LogP contribution in [0.15, 0.2) is 60.9 Å². The average molecular weight is 795 g/mol. The third-order valence-electron chi connectivity index (χ3n) is 11.0. The van der Waals surface area contributed by atoms with E-state index < -0.39 is 24.3 Å². The van der Waals surface area contributed by atoms with Gasteiger partial charge in [0.1, 0.15) is 23.7 Å². The minimum atomic E-state index is -0.703. The monoisotopic (exact) mass is 794 g/mol. The van der Waals surface area contributed by atoms with E-state index in [-0.39, 0.29) is 35.7 Å². The number of alkyl carbamates (subject to hydrolysis) is 2. The first-order chi connectivity index (χ1) is 27.5. The molecule has 4 N–H and O–H groups in total. The summed E-state index contributed by atoms with van der Waals surface area (Å²) in [6.07, 6.45) is 5.63. The Bertz CT molecular complexity index is 2260. The van der Waals surface area contributed by atoms with Crippen LogP contribution in [0, 0.1) is 11.8 Å². The van der Waals surface area contributed by atoms with Crippen molar-refractivity contribution in [3.63, 3.8) is 0 Å². The molecule has 0 radical (unpaired) electrons. The summed E-state index contributed by atoms with van der Waals surface area (Å²) in [7, 11) is 2.58. The molecule has 4 atom stereocenters. The van der Waals surface area contributed by atoms with Crippen molar-refractivity contribution < 1.29 is 28.7 Å². The quantitative estimate of drug-likeness (QED) is 0.107. The van der Waals surface area contributed by atoms with Crippen LogP contribution in [0.5, 0.6) is 0 Å². The number of methoxy groups -OCH3 is 2. The van der Waals surface area contributed by atoms with Gasteiger partial charge in [-0.25, -0.2) is 19.6 Å². The number of amides is 4. The maximum absolute atomic E-state index is 13.7. The smallest absolute Gasteiger partial charge is 0.407 e. The van der Waals surface area contributed by atoms with Gasteiger partial charge >= 0.3 is 12.2 Å². The van der Waals surface area contributed by atoms with Crippen molar-refractivity contribution in [3.8, 4) is 32.3 Å². The van der Waals surface area contributed by atoms with Crippen molar-refractivity contribution in [3.05, 3.63) is 72.6 Å². The van der Waals surface area contributed by atoms with Crippen molar-refractivity contribution in [1.29, 1.82) is 0 Å². The summed E-state index contributed by atoms with van der Waals surface area (Å²) in [6.45, 7) is 8.79. The number of hydrogen-bond acceptors (Lipinski definition) is 9. The zero-order valence-corrected chi connectivity index (χ0v) is 33.9. The number of aromatic nitrogens is 4. The van der Waals surface area contributed by atoms with Gasteiger partial charge in [0, 0.05) is 23.5 Å². The van der Waals surface area contributed by atoms with Crippen LogP contribution >= 0.6 is 11.3 Å². The Morgan fingerprint density at radius 1 is 0.684 bits per heavy atom. The zero-order chi connectivity index (χ0) is 40.4. The van der Waals surface area contributed by atoms with E-state index in [0.29, 0.717) is 18.9 Å². The molecule has 0 aliphatic carbocycles. The van der Waals surface area contributed by atoms with Crippen LogP contribution in [0.2, 0.25) is 0 Å². The highest BCUT2D eigenvalue weighted by molar-refractivity contribution is 7.18. The number of fused-ring (bicyclic) bond motifs is 1. The molecule has 300 valence electrons. The molecule has 0 saturated carbocycles. The normalized spacial score (nSPS) is 18.0. The highest BCUT2D eigenvalue weighted by Crippen LogP contribution is 2.41. The van der Waals surface area contributed by atoms with Crippen molar-refractivity contribution in [2.75, 3.05) is 27.3 Å². The number of aromatic amines is 2. The summed E-state index contributed by atoms with van der Waals surface area (Å²) in [5.74, 6) is 0.924. The van der Waals surface area contributed by atoms with E-state index >= 15 is 0 Å². The van der Waals surface area contributed by atoms with E-state index in [1.807, 2.05) is 56.0 Å². The first kappa shape index (κ1) is 39.5. The molecule has 4 amide bonds. The largest absolute Gasteiger partial charge is 0.453 e. The lowest BCUT2D eigenvalue weighted by molar-refractivity contribution is -0.136. The van der Waals surface area contributed by atoms with Crippen molar-refractivity contribution in [2.45, 2.75) is 77.5 Å². The Hall–Kier alpha value is -5.70. The molecule has 2 aliphatic rings. The molecule has 7 rings (SSSR count). The Balaban J connectivity index is 1.11. The van der Waals surface area contributed by atoms with Gasteiger partial charge in [-0.05, 0) is 66.0 Å². The summed E-state index contributed by atoms with van der Waals surface area (Å²) < 4.78 is 9.56. The number of thiophene rings is 1. The molecular formula is C42H50N8O6S. The molecule has 3 aromatic heterocycles. The molecule has 5 heterocycles. The van der Waals surface area contributed by atoms with Crippen LogP contribution < -0.4 is 10.6 Å². The molecule has 2 unspecified atom stereocenters. The van der Waals surface area contributed by atoms with Crippen LogP contribution in [0.3, 0.4) is 0 Å². The van der Waals surface area contributed by atoms with Crippen LogP contribution in [0.25, 0.3) is 43.0 Å². The molecule has 2 fully saturated rings. The minimum Gasteiger partial charge on any atom is -0.453 e. The molecule has 2 aliphatic heterocycles. The first-order valence-electron chi connectivity index (χ1n) is 19.5. The van der Waals surface area contributed by atoms with Crippen LogP contribution in [0.4, 0.5) is 9.59 Å². The van der Waals surface area contributed by atoms with E-state index in [4.69, 9.17) is 19.4 Å². The minimum absolute atomic E-state index is 0.112. The van der Waals surface area contributed by atoms with Gasteiger partial charge in [0.2, 0.25) is 11.8 Å². The lowest BCUT2D eigenvalue weighted by Crippen LogP contribution is -2.51. The number of carbonyl (C=O) groups is 4.